The van der Waals surface area contributed by atoms with Crippen LogP contribution in [0.15, 0.2) is 0 Å². The van der Waals surface area contributed by atoms with Gasteiger partial charge in [-0.25, -0.2) is 8.42 Å². The second kappa shape index (κ2) is 5.02. The van der Waals surface area contributed by atoms with E-state index in [1.54, 1.807) is 0 Å². The molecule has 0 spiro atoms. The van der Waals surface area contributed by atoms with Crippen molar-refractivity contribution in [2.75, 3.05) is 38.7 Å². The Balaban J connectivity index is 2.48. The van der Waals surface area contributed by atoms with E-state index < -0.39 is 9.84 Å². The molecule has 0 aliphatic carbocycles. The van der Waals surface area contributed by atoms with E-state index >= 15 is 0 Å². The smallest absolute Gasteiger partial charge is 0.148 e. The molecule has 5 heteroatoms. The van der Waals surface area contributed by atoms with E-state index in [2.05, 4.69) is 17.1 Å². The Hall–Kier alpha value is -0.130. The first-order chi connectivity index (χ1) is 7.22. The molecule has 4 nitrogen and oxygen atoms in total. The van der Waals surface area contributed by atoms with Crippen LogP contribution in [-0.4, -0.2) is 58.1 Å². The fourth-order valence-corrected chi connectivity index (χ4v) is 3.46. The van der Waals surface area contributed by atoms with Gasteiger partial charge in [-0.15, -0.1) is 0 Å². The minimum Gasteiger partial charge on any atom is -0.316 e. The van der Waals surface area contributed by atoms with Crippen molar-refractivity contribution in [3.63, 3.8) is 0 Å². The van der Waals surface area contributed by atoms with Crippen molar-refractivity contribution in [2.24, 2.45) is 5.41 Å². The van der Waals surface area contributed by atoms with Crippen molar-refractivity contribution < 1.29 is 8.42 Å². The summed E-state index contributed by atoms with van der Waals surface area (Å²) < 4.78 is 22.4. The highest BCUT2D eigenvalue weighted by Gasteiger charge is 2.31. The molecule has 0 saturated carbocycles. The van der Waals surface area contributed by atoms with Crippen molar-refractivity contribution in [1.82, 2.24) is 10.2 Å². The molecule has 1 heterocycles. The molecule has 2 unspecified atom stereocenters. The van der Waals surface area contributed by atoms with E-state index in [0.717, 1.165) is 19.6 Å². The van der Waals surface area contributed by atoms with Crippen LogP contribution in [-0.2, 0) is 9.84 Å². The molecule has 16 heavy (non-hydrogen) atoms. The summed E-state index contributed by atoms with van der Waals surface area (Å²) in [6.07, 6.45) is 2.47. The van der Waals surface area contributed by atoms with Gasteiger partial charge in [-0.3, -0.25) is 0 Å². The zero-order valence-corrected chi connectivity index (χ0v) is 11.6. The Morgan fingerprint density at radius 3 is 2.56 bits per heavy atom. The summed E-state index contributed by atoms with van der Waals surface area (Å²) in [5, 5.41) is 3.36. The minimum atomic E-state index is -2.88. The van der Waals surface area contributed by atoms with Crippen LogP contribution in [0.5, 0.6) is 0 Å². The van der Waals surface area contributed by atoms with Gasteiger partial charge in [-0.1, -0.05) is 6.92 Å². The van der Waals surface area contributed by atoms with E-state index in [-0.39, 0.29) is 11.8 Å². The molecule has 2 atom stereocenters. The van der Waals surface area contributed by atoms with E-state index in [1.165, 1.54) is 12.7 Å². The zero-order chi connectivity index (χ0) is 12.4. The summed E-state index contributed by atoms with van der Waals surface area (Å²) in [5.74, 6) is 0.243. The largest absolute Gasteiger partial charge is 0.316 e. The summed E-state index contributed by atoms with van der Waals surface area (Å²) in [6.45, 7) is 7.30. The van der Waals surface area contributed by atoms with Crippen molar-refractivity contribution in [1.29, 1.82) is 0 Å². The first-order valence-corrected chi connectivity index (χ1v) is 7.87. The number of rotatable bonds is 5. The van der Waals surface area contributed by atoms with Crippen LogP contribution >= 0.6 is 0 Å². The van der Waals surface area contributed by atoms with Gasteiger partial charge in [0.25, 0.3) is 0 Å². The van der Waals surface area contributed by atoms with Crippen LogP contribution < -0.4 is 5.32 Å². The Morgan fingerprint density at radius 2 is 2.12 bits per heavy atom. The summed E-state index contributed by atoms with van der Waals surface area (Å²) >= 11 is 0. The second-order valence-electron chi connectivity index (χ2n) is 5.59. The lowest BCUT2D eigenvalue weighted by Gasteiger charge is -2.32. The second-order valence-corrected chi connectivity index (χ2v) is 7.78. The predicted octanol–water partition coefficient (Wildman–Crippen LogP) is 0.351. The number of hydrogen-bond acceptors (Lipinski definition) is 4. The first-order valence-electron chi connectivity index (χ1n) is 5.81. The summed E-state index contributed by atoms with van der Waals surface area (Å²) in [5.41, 5.74) is 0.292. The molecule has 0 amide bonds. The van der Waals surface area contributed by atoms with E-state index in [1.807, 2.05) is 14.0 Å². The van der Waals surface area contributed by atoms with Gasteiger partial charge >= 0.3 is 0 Å². The minimum absolute atomic E-state index is 0.0902. The lowest BCUT2D eigenvalue weighted by atomic mass is 9.89. The fraction of sp³-hybridized carbons (Fsp3) is 1.00. The van der Waals surface area contributed by atoms with E-state index in [0.29, 0.717) is 5.41 Å². The molecule has 1 aliphatic rings. The number of nitrogens with one attached hydrogen (secondary N) is 1. The Bertz CT molecular complexity index is 321. The Labute approximate surface area is 99.3 Å². The molecule has 1 aliphatic heterocycles. The molecule has 1 saturated heterocycles. The van der Waals surface area contributed by atoms with Gasteiger partial charge in [-0.2, -0.15) is 0 Å². The van der Waals surface area contributed by atoms with Gasteiger partial charge in [-0.05, 0) is 32.4 Å². The van der Waals surface area contributed by atoms with Gasteiger partial charge in [0.1, 0.15) is 9.84 Å². The zero-order valence-electron chi connectivity index (χ0n) is 10.8. The highest BCUT2D eigenvalue weighted by Crippen LogP contribution is 2.25. The van der Waals surface area contributed by atoms with Gasteiger partial charge in [0.05, 0.1) is 5.75 Å². The van der Waals surface area contributed by atoms with Crippen molar-refractivity contribution in [2.45, 2.75) is 26.3 Å². The molecule has 0 aromatic carbocycles. The lowest BCUT2D eigenvalue weighted by Crippen LogP contribution is -2.42. The fourth-order valence-electron chi connectivity index (χ4n) is 2.33. The van der Waals surface area contributed by atoms with Gasteiger partial charge in [0.15, 0.2) is 0 Å². The molecular formula is C11H24N2O2S. The number of hydrogen-bond donors (Lipinski definition) is 1. The molecular weight excluding hydrogens is 224 g/mol. The molecule has 0 radical (unpaired) electrons. The van der Waals surface area contributed by atoms with Crippen LogP contribution in [0.4, 0.5) is 0 Å². The topological polar surface area (TPSA) is 49.4 Å². The Morgan fingerprint density at radius 1 is 1.50 bits per heavy atom. The van der Waals surface area contributed by atoms with Crippen LogP contribution in [0.3, 0.4) is 0 Å². The van der Waals surface area contributed by atoms with Crippen LogP contribution in [0.1, 0.15) is 20.3 Å². The quantitative estimate of drug-likeness (QED) is 0.763. The molecule has 0 aromatic rings. The van der Waals surface area contributed by atoms with Crippen LogP contribution in [0, 0.1) is 5.41 Å². The van der Waals surface area contributed by atoms with Crippen molar-refractivity contribution in [3.05, 3.63) is 0 Å². The molecule has 0 aromatic heterocycles. The molecule has 1 fully saturated rings. The maximum Gasteiger partial charge on any atom is 0.148 e. The summed E-state index contributed by atoms with van der Waals surface area (Å²) in [6, 6.07) is 0.0902. The van der Waals surface area contributed by atoms with E-state index in [9.17, 15) is 8.42 Å². The predicted molar refractivity (Wildman–Crippen MR) is 67.4 cm³/mol. The highest BCUT2D eigenvalue weighted by molar-refractivity contribution is 7.90. The average Bonchev–Trinajstić information content (AvgIpc) is 2.48. The summed E-state index contributed by atoms with van der Waals surface area (Å²) in [4.78, 5) is 2.16. The third-order valence-electron chi connectivity index (χ3n) is 3.38. The van der Waals surface area contributed by atoms with E-state index in [4.69, 9.17) is 0 Å². The average molecular weight is 248 g/mol. The Kier molecular flexibility index (Phi) is 4.37. The third kappa shape index (κ3) is 4.39. The van der Waals surface area contributed by atoms with Crippen LogP contribution in [0.25, 0.3) is 0 Å². The molecule has 0 bridgehead atoms. The lowest BCUT2D eigenvalue weighted by molar-refractivity contribution is 0.178. The molecule has 1 N–H and O–H groups in total. The van der Waals surface area contributed by atoms with Gasteiger partial charge in [0, 0.05) is 25.4 Å². The third-order valence-corrected chi connectivity index (χ3v) is 4.47. The maximum atomic E-state index is 11.2. The van der Waals surface area contributed by atoms with Gasteiger partial charge < -0.3 is 10.2 Å². The van der Waals surface area contributed by atoms with Gasteiger partial charge in [0.2, 0.25) is 0 Å². The molecule has 1 rings (SSSR count). The number of nitrogens with zero attached hydrogens (tertiary/aromatic N) is 1. The highest BCUT2D eigenvalue weighted by atomic mass is 32.2. The van der Waals surface area contributed by atoms with Crippen molar-refractivity contribution in [3.8, 4) is 0 Å². The summed E-state index contributed by atoms with van der Waals surface area (Å²) in [7, 11) is -0.866. The maximum absolute atomic E-state index is 11.2. The normalized spacial score (nSPS) is 28.6. The monoisotopic (exact) mass is 248 g/mol. The standard InChI is InChI=1S/C11H24N2O2S/c1-10(7-16(4,14)15)13(3)9-11(2)5-6-12-8-11/h10,12H,5-9H2,1-4H3. The van der Waals surface area contributed by atoms with Crippen molar-refractivity contribution >= 4 is 9.84 Å². The van der Waals surface area contributed by atoms with Crippen LogP contribution in [0.2, 0.25) is 0 Å². The SMILES string of the molecule is CC(CS(C)(=O)=O)N(C)CC1(C)CCNC1. The number of sulfone groups is 1. The molecule has 96 valence electrons. The first kappa shape index (κ1) is 13.9.